The molecule has 2 atom stereocenters. The average Bonchev–Trinajstić information content (AvgIpc) is 2.92. The number of hydrogen-bond acceptors (Lipinski definition) is 4. The number of benzene rings is 1. The summed E-state index contributed by atoms with van der Waals surface area (Å²) in [5, 5.41) is 0. The molecular formula is C20H28FNO3. The van der Waals surface area contributed by atoms with Gasteiger partial charge in [0.25, 0.3) is 0 Å². The molecule has 1 aliphatic carbocycles. The summed E-state index contributed by atoms with van der Waals surface area (Å²) in [6, 6.07) is 6.11. The molecule has 138 valence electrons. The van der Waals surface area contributed by atoms with Crippen LogP contribution >= 0.6 is 0 Å². The monoisotopic (exact) mass is 349 g/mol. The van der Waals surface area contributed by atoms with Crippen molar-refractivity contribution >= 4 is 0 Å². The first kappa shape index (κ1) is 17.3. The van der Waals surface area contributed by atoms with E-state index in [1.165, 1.54) is 50.8 Å². The van der Waals surface area contributed by atoms with Gasteiger partial charge in [-0.3, -0.25) is 4.90 Å². The Morgan fingerprint density at radius 3 is 2.24 bits per heavy atom. The van der Waals surface area contributed by atoms with Gasteiger partial charge in [0.05, 0.1) is 25.4 Å². The van der Waals surface area contributed by atoms with E-state index in [0.717, 1.165) is 19.0 Å². The molecule has 1 aromatic carbocycles. The van der Waals surface area contributed by atoms with Gasteiger partial charge in [-0.15, -0.1) is 0 Å². The molecule has 0 bridgehead atoms. The van der Waals surface area contributed by atoms with Gasteiger partial charge in [-0.1, -0.05) is 19.3 Å². The first-order valence-electron chi connectivity index (χ1n) is 9.64. The van der Waals surface area contributed by atoms with E-state index in [2.05, 4.69) is 4.90 Å². The predicted octanol–water partition coefficient (Wildman–Crippen LogP) is 3.25. The number of halogens is 1. The highest BCUT2D eigenvalue weighted by atomic mass is 19.1. The van der Waals surface area contributed by atoms with Crippen molar-refractivity contribution in [3.05, 3.63) is 30.1 Å². The Balaban J connectivity index is 1.26. The smallest absolute Gasteiger partial charge is 0.145 e. The third-order valence-corrected chi connectivity index (χ3v) is 5.64. The van der Waals surface area contributed by atoms with Gasteiger partial charge >= 0.3 is 0 Å². The highest BCUT2D eigenvalue weighted by Gasteiger charge is 2.38. The Morgan fingerprint density at radius 2 is 1.60 bits per heavy atom. The van der Waals surface area contributed by atoms with Gasteiger partial charge in [-0.05, 0) is 43.0 Å². The molecule has 1 saturated carbocycles. The summed E-state index contributed by atoms with van der Waals surface area (Å²) in [4.78, 5) is 2.52. The maximum absolute atomic E-state index is 13.0. The minimum absolute atomic E-state index is 0.136. The molecule has 0 radical (unpaired) electrons. The van der Waals surface area contributed by atoms with E-state index in [1.54, 1.807) is 12.1 Å². The van der Waals surface area contributed by atoms with Crippen LogP contribution in [0.1, 0.15) is 32.1 Å². The first-order chi connectivity index (χ1) is 12.3. The maximum atomic E-state index is 13.0. The molecule has 2 aliphatic heterocycles. The largest absolute Gasteiger partial charge is 0.486 e. The van der Waals surface area contributed by atoms with Crippen LogP contribution in [0.3, 0.4) is 0 Å². The standard InChI is InChI=1S/C20H28FNO3/c21-16-6-8-17(9-7-16)25-18-13-23-19-11-22(12-20(19)24-14-18)10-15-4-2-1-3-5-15/h6-9,15,18-20H,1-5,10-14H2/t19-,20-/m0/s1. The number of nitrogens with zero attached hydrogens (tertiary/aromatic N) is 1. The van der Waals surface area contributed by atoms with E-state index in [-0.39, 0.29) is 24.1 Å². The molecule has 25 heavy (non-hydrogen) atoms. The summed E-state index contributed by atoms with van der Waals surface area (Å²) < 4.78 is 31.0. The van der Waals surface area contributed by atoms with E-state index in [4.69, 9.17) is 14.2 Å². The van der Waals surface area contributed by atoms with Crippen molar-refractivity contribution in [1.82, 2.24) is 4.90 Å². The predicted molar refractivity (Wildman–Crippen MR) is 93.3 cm³/mol. The Morgan fingerprint density at radius 1 is 0.960 bits per heavy atom. The normalized spacial score (nSPS) is 29.3. The number of ether oxygens (including phenoxy) is 3. The summed E-state index contributed by atoms with van der Waals surface area (Å²) in [7, 11) is 0. The van der Waals surface area contributed by atoms with E-state index in [9.17, 15) is 4.39 Å². The lowest BCUT2D eigenvalue weighted by molar-refractivity contribution is -0.00461. The van der Waals surface area contributed by atoms with E-state index >= 15 is 0 Å². The van der Waals surface area contributed by atoms with Gasteiger partial charge in [0, 0.05) is 19.6 Å². The summed E-state index contributed by atoms with van der Waals surface area (Å²) >= 11 is 0. The zero-order chi connectivity index (χ0) is 17.1. The number of likely N-dealkylation sites (tertiary alicyclic amines) is 1. The van der Waals surface area contributed by atoms with Crippen LogP contribution < -0.4 is 4.74 Å². The molecule has 0 N–H and O–H groups in total. The zero-order valence-electron chi connectivity index (χ0n) is 14.7. The highest BCUT2D eigenvalue weighted by molar-refractivity contribution is 5.22. The van der Waals surface area contributed by atoms with Gasteiger partial charge < -0.3 is 14.2 Å². The second-order valence-corrected chi connectivity index (χ2v) is 7.66. The highest BCUT2D eigenvalue weighted by Crippen LogP contribution is 2.28. The minimum atomic E-state index is -0.256. The summed E-state index contributed by atoms with van der Waals surface area (Å²) in [5.41, 5.74) is 0. The van der Waals surface area contributed by atoms with Crippen LogP contribution in [0, 0.1) is 11.7 Å². The van der Waals surface area contributed by atoms with Crippen molar-refractivity contribution in [3.63, 3.8) is 0 Å². The Bertz CT molecular complexity index is 530. The summed E-state index contributed by atoms with van der Waals surface area (Å²) in [5.74, 6) is 1.25. The first-order valence-corrected chi connectivity index (χ1v) is 9.64. The van der Waals surface area contributed by atoms with Gasteiger partial charge in [-0.25, -0.2) is 4.39 Å². The molecule has 0 spiro atoms. The molecular weight excluding hydrogens is 321 g/mol. The fraction of sp³-hybridized carbons (Fsp3) is 0.700. The van der Waals surface area contributed by atoms with Gasteiger partial charge in [0.2, 0.25) is 0 Å². The average molecular weight is 349 g/mol. The Hall–Kier alpha value is -1.17. The van der Waals surface area contributed by atoms with Crippen LogP contribution in [0.4, 0.5) is 4.39 Å². The lowest BCUT2D eigenvalue weighted by atomic mass is 9.89. The van der Waals surface area contributed by atoms with Crippen molar-refractivity contribution in [1.29, 1.82) is 0 Å². The van der Waals surface area contributed by atoms with Crippen LogP contribution in [0.5, 0.6) is 5.75 Å². The maximum Gasteiger partial charge on any atom is 0.145 e. The van der Waals surface area contributed by atoms with Crippen LogP contribution in [0.2, 0.25) is 0 Å². The van der Waals surface area contributed by atoms with Crippen molar-refractivity contribution in [2.24, 2.45) is 5.92 Å². The number of rotatable bonds is 4. The molecule has 2 saturated heterocycles. The fourth-order valence-electron chi connectivity index (χ4n) is 4.31. The van der Waals surface area contributed by atoms with E-state index in [0.29, 0.717) is 19.0 Å². The fourth-order valence-corrected chi connectivity index (χ4v) is 4.31. The summed E-state index contributed by atoms with van der Waals surface area (Å²) in [6.45, 7) is 4.16. The molecule has 0 unspecified atom stereocenters. The second kappa shape index (κ2) is 8.02. The Kier molecular flexibility index (Phi) is 5.54. The molecule has 0 amide bonds. The lowest BCUT2D eigenvalue weighted by Crippen LogP contribution is -2.32. The van der Waals surface area contributed by atoms with E-state index in [1.807, 2.05) is 0 Å². The van der Waals surface area contributed by atoms with Crippen molar-refractivity contribution < 1.29 is 18.6 Å². The molecule has 5 heteroatoms. The van der Waals surface area contributed by atoms with Crippen LogP contribution in [0.25, 0.3) is 0 Å². The van der Waals surface area contributed by atoms with Gasteiger partial charge in [0.1, 0.15) is 17.7 Å². The molecule has 4 rings (SSSR count). The second-order valence-electron chi connectivity index (χ2n) is 7.66. The minimum Gasteiger partial charge on any atom is -0.486 e. The van der Waals surface area contributed by atoms with Crippen LogP contribution in [-0.4, -0.2) is 56.1 Å². The summed E-state index contributed by atoms with van der Waals surface area (Å²) in [6.07, 6.45) is 7.09. The molecule has 2 heterocycles. The zero-order valence-corrected chi connectivity index (χ0v) is 14.7. The van der Waals surface area contributed by atoms with E-state index < -0.39 is 0 Å². The van der Waals surface area contributed by atoms with Crippen molar-refractivity contribution in [2.75, 3.05) is 32.8 Å². The third kappa shape index (κ3) is 4.52. The number of fused-ring (bicyclic) bond motifs is 1. The lowest BCUT2D eigenvalue weighted by Gasteiger charge is -2.27. The Labute approximate surface area is 149 Å². The molecule has 3 fully saturated rings. The van der Waals surface area contributed by atoms with Crippen LogP contribution in [0.15, 0.2) is 24.3 Å². The number of hydrogen-bond donors (Lipinski definition) is 0. The topological polar surface area (TPSA) is 30.9 Å². The molecule has 0 aromatic heterocycles. The van der Waals surface area contributed by atoms with Gasteiger partial charge in [0.15, 0.2) is 0 Å². The quantitative estimate of drug-likeness (QED) is 0.835. The molecule has 1 aromatic rings. The van der Waals surface area contributed by atoms with Crippen LogP contribution in [-0.2, 0) is 9.47 Å². The third-order valence-electron chi connectivity index (χ3n) is 5.64. The molecule has 4 nitrogen and oxygen atoms in total. The SMILES string of the molecule is Fc1ccc(OC2CO[C@H]3CN(CC4CCCCC4)C[C@@H]3OC2)cc1. The van der Waals surface area contributed by atoms with Gasteiger partial charge in [-0.2, -0.15) is 0 Å². The molecule has 3 aliphatic rings. The van der Waals surface area contributed by atoms with Crippen molar-refractivity contribution in [2.45, 2.75) is 50.4 Å². The van der Waals surface area contributed by atoms with Crippen molar-refractivity contribution in [3.8, 4) is 5.75 Å².